The van der Waals surface area contributed by atoms with Crippen molar-refractivity contribution in [1.29, 1.82) is 0 Å². The quantitative estimate of drug-likeness (QED) is 0.554. The minimum atomic E-state index is 0.164. The number of hydrogen-bond donors (Lipinski definition) is 0. The van der Waals surface area contributed by atoms with Gasteiger partial charge in [-0.2, -0.15) is 0 Å². The van der Waals surface area contributed by atoms with Crippen LogP contribution < -0.4 is 0 Å². The summed E-state index contributed by atoms with van der Waals surface area (Å²) in [6.45, 7) is 10.5. The molecule has 0 atom stereocenters. The molecule has 162 valence electrons. The highest BCUT2D eigenvalue weighted by molar-refractivity contribution is 7.99. The number of aromatic nitrogens is 3. The molecule has 0 radical (unpaired) electrons. The highest BCUT2D eigenvalue weighted by atomic mass is 32.2. The summed E-state index contributed by atoms with van der Waals surface area (Å²) >= 11 is 1.46. The predicted octanol–water partition coefficient (Wildman–Crippen LogP) is 3.63. The second-order valence-corrected chi connectivity index (χ2v) is 9.02. The number of nitrogens with zero attached hydrogens (tertiary/aromatic N) is 5. The first-order valence-corrected chi connectivity index (χ1v) is 11.7. The summed E-state index contributed by atoms with van der Waals surface area (Å²) in [5, 5.41) is 9.29. The van der Waals surface area contributed by atoms with Gasteiger partial charge in [0.25, 0.3) is 0 Å². The number of carbonyl (C=O) groups is 1. The van der Waals surface area contributed by atoms with Crippen LogP contribution in [-0.2, 0) is 11.3 Å². The minimum Gasteiger partial charge on any atom is -0.339 e. The van der Waals surface area contributed by atoms with Crippen molar-refractivity contribution in [3.05, 3.63) is 71.0 Å². The minimum absolute atomic E-state index is 0.164. The highest BCUT2D eigenvalue weighted by Gasteiger charge is 2.22. The lowest BCUT2D eigenvalue weighted by Gasteiger charge is -2.35. The Bertz CT molecular complexity index is 1060. The van der Waals surface area contributed by atoms with E-state index in [0.717, 1.165) is 49.4 Å². The van der Waals surface area contributed by atoms with Gasteiger partial charge in [-0.15, -0.1) is 10.2 Å². The molecule has 6 nitrogen and oxygen atoms in total. The van der Waals surface area contributed by atoms with E-state index in [9.17, 15) is 4.79 Å². The number of rotatable bonds is 6. The van der Waals surface area contributed by atoms with Crippen LogP contribution >= 0.6 is 11.8 Å². The number of thioether (sulfide) groups is 1. The summed E-state index contributed by atoms with van der Waals surface area (Å²) in [4.78, 5) is 17.2. The zero-order valence-electron chi connectivity index (χ0n) is 18.4. The van der Waals surface area contributed by atoms with Crippen molar-refractivity contribution in [3.63, 3.8) is 0 Å². The fourth-order valence-corrected chi connectivity index (χ4v) is 4.80. The van der Waals surface area contributed by atoms with Crippen LogP contribution in [0.5, 0.6) is 0 Å². The molecule has 0 unspecified atom stereocenters. The van der Waals surface area contributed by atoms with Gasteiger partial charge in [0, 0.05) is 38.4 Å². The number of piperazine rings is 1. The zero-order chi connectivity index (χ0) is 21.8. The SMILES string of the molecule is Cc1cccc(-n2c(C)nnc2SCC(=O)N2CCN(Cc3ccccc3C)CC2)c1. The maximum atomic E-state index is 12.8. The van der Waals surface area contributed by atoms with Crippen molar-refractivity contribution < 1.29 is 4.79 Å². The van der Waals surface area contributed by atoms with Crippen molar-refractivity contribution in [1.82, 2.24) is 24.6 Å². The smallest absolute Gasteiger partial charge is 0.233 e. The zero-order valence-corrected chi connectivity index (χ0v) is 19.2. The van der Waals surface area contributed by atoms with Crippen molar-refractivity contribution >= 4 is 17.7 Å². The summed E-state index contributed by atoms with van der Waals surface area (Å²) in [5.74, 6) is 1.37. The molecule has 1 fully saturated rings. The van der Waals surface area contributed by atoms with Gasteiger partial charge in [0.2, 0.25) is 5.91 Å². The van der Waals surface area contributed by atoms with Crippen LogP contribution in [0.3, 0.4) is 0 Å². The molecule has 2 heterocycles. The summed E-state index contributed by atoms with van der Waals surface area (Å²) in [6, 6.07) is 16.8. The molecule has 0 N–H and O–H groups in total. The van der Waals surface area contributed by atoms with Gasteiger partial charge in [-0.05, 0) is 49.6 Å². The molecule has 1 aromatic heterocycles. The van der Waals surface area contributed by atoms with Crippen LogP contribution in [0.2, 0.25) is 0 Å². The van der Waals surface area contributed by atoms with Crippen LogP contribution in [0.25, 0.3) is 5.69 Å². The Balaban J connectivity index is 1.32. The molecule has 0 saturated carbocycles. The van der Waals surface area contributed by atoms with Crippen LogP contribution in [0, 0.1) is 20.8 Å². The van der Waals surface area contributed by atoms with E-state index in [1.807, 2.05) is 28.5 Å². The first kappa shape index (κ1) is 21.6. The molecular formula is C24H29N5OS. The fourth-order valence-electron chi connectivity index (χ4n) is 3.90. The molecule has 1 aliphatic heterocycles. The average Bonchev–Trinajstić information content (AvgIpc) is 3.14. The molecule has 1 amide bonds. The highest BCUT2D eigenvalue weighted by Crippen LogP contribution is 2.23. The molecular weight excluding hydrogens is 406 g/mol. The fraction of sp³-hybridized carbons (Fsp3) is 0.375. The lowest BCUT2D eigenvalue weighted by atomic mass is 10.1. The standard InChI is InChI=1S/C24H29N5OS/c1-18-7-6-10-22(15-18)29-20(3)25-26-24(29)31-17-23(30)28-13-11-27(12-14-28)16-21-9-5-4-8-19(21)2/h4-10,15H,11-14,16-17H2,1-3H3. The Hall–Kier alpha value is -2.64. The molecule has 0 bridgehead atoms. The maximum absolute atomic E-state index is 12.8. The summed E-state index contributed by atoms with van der Waals surface area (Å²) in [6.07, 6.45) is 0. The summed E-state index contributed by atoms with van der Waals surface area (Å²) in [5.41, 5.74) is 4.90. The molecule has 0 aliphatic carbocycles. The van der Waals surface area contributed by atoms with E-state index in [0.29, 0.717) is 5.75 Å². The molecule has 3 aromatic rings. The van der Waals surface area contributed by atoms with Gasteiger partial charge in [0.1, 0.15) is 5.82 Å². The Morgan fingerprint density at radius 1 is 0.968 bits per heavy atom. The molecule has 2 aromatic carbocycles. The van der Waals surface area contributed by atoms with Crippen LogP contribution in [0.15, 0.2) is 53.7 Å². The Kier molecular flexibility index (Phi) is 6.73. The third-order valence-corrected chi connectivity index (χ3v) is 6.67. The number of benzene rings is 2. The summed E-state index contributed by atoms with van der Waals surface area (Å²) in [7, 11) is 0. The van der Waals surface area contributed by atoms with Gasteiger partial charge < -0.3 is 4.90 Å². The second-order valence-electron chi connectivity index (χ2n) is 8.08. The van der Waals surface area contributed by atoms with Crippen LogP contribution in [-0.4, -0.2) is 62.4 Å². The van der Waals surface area contributed by atoms with E-state index in [1.54, 1.807) is 0 Å². The Morgan fingerprint density at radius 3 is 2.48 bits per heavy atom. The monoisotopic (exact) mass is 435 g/mol. The largest absolute Gasteiger partial charge is 0.339 e. The number of hydrogen-bond acceptors (Lipinski definition) is 5. The van der Waals surface area contributed by atoms with Crippen molar-refractivity contribution in [2.75, 3.05) is 31.9 Å². The van der Waals surface area contributed by atoms with Gasteiger partial charge in [-0.25, -0.2) is 0 Å². The number of carbonyl (C=O) groups excluding carboxylic acids is 1. The maximum Gasteiger partial charge on any atom is 0.233 e. The third-order valence-electron chi connectivity index (χ3n) is 5.76. The Morgan fingerprint density at radius 2 is 1.74 bits per heavy atom. The van der Waals surface area contributed by atoms with Crippen LogP contribution in [0.1, 0.15) is 22.5 Å². The lowest BCUT2D eigenvalue weighted by Crippen LogP contribution is -2.48. The van der Waals surface area contributed by atoms with Crippen molar-refractivity contribution in [2.45, 2.75) is 32.5 Å². The first-order chi connectivity index (χ1) is 15.0. The van der Waals surface area contributed by atoms with Crippen molar-refractivity contribution in [3.8, 4) is 5.69 Å². The predicted molar refractivity (Wildman–Crippen MR) is 125 cm³/mol. The topological polar surface area (TPSA) is 54.3 Å². The number of amides is 1. The molecule has 31 heavy (non-hydrogen) atoms. The lowest BCUT2D eigenvalue weighted by molar-refractivity contribution is -0.130. The normalized spacial score (nSPS) is 14.7. The molecule has 1 aliphatic rings. The van der Waals surface area contributed by atoms with E-state index < -0.39 is 0 Å². The van der Waals surface area contributed by atoms with E-state index in [1.165, 1.54) is 28.5 Å². The van der Waals surface area contributed by atoms with E-state index in [2.05, 4.69) is 65.3 Å². The Labute approximate surface area is 188 Å². The summed E-state index contributed by atoms with van der Waals surface area (Å²) < 4.78 is 2.02. The number of aryl methyl sites for hydroxylation is 3. The van der Waals surface area contributed by atoms with Crippen LogP contribution in [0.4, 0.5) is 0 Å². The second kappa shape index (κ2) is 9.66. The van der Waals surface area contributed by atoms with Gasteiger partial charge in [-0.1, -0.05) is 48.2 Å². The van der Waals surface area contributed by atoms with Gasteiger partial charge in [0.15, 0.2) is 5.16 Å². The average molecular weight is 436 g/mol. The van der Waals surface area contributed by atoms with Gasteiger partial charge in [0.05, 0.1) is 5.75 Å². The molecule has 7 heteroatoms. The van der Waals surface area contributed by atoms with Gasteiger partial charge in [-0.3, -0.25) is 14.3 Å². The first-order valence-electron chi connectivity index (χ1n) is 10.7. The molecule has 0 spiro atoms. The molecule has 4 rings (SSSR count). The van der Waals surface area contributed by atoms with Gasteiger partial charge >= 0.3 is 0 Å². The van der Waals surface area contributed by atoms with E-state index >= 15 is 0 Å². The van der Waals surface area contributed by atoms with Crippen molar-refractivity contribution in [2.24, 2.45) is 0 Å². The molecule has 1 saturated heterocycles. The van der Waals surface area contributed by atoms with E-state index in [-0.39, 0.29) is 5.91 Å². The van der Waals surface area contributed by atoms with E-state index in [4.69, 9.17) is 0 Å². The third kappa shape index (κ3) is 5.17.